The van der Waals surface area contributed by atoms with Crippen molar-refractivity contribution in [2.75, 3.05) is 18.6 Å². The Morgan fingerprint density at radius 3 is 2.36 bits per heavy atom. The highest BCUT2D eigenvalue weighted by Crippen LogP contribution is 1.95. The van der Waals surface area contributed by atoms with Crippen LogP contribution in [-0.4, -0.2) is 33.1 Å². The zero-order chi connectivity index (χ0) is 8.91. The third-order valence-electron chi connectivity index (χ3n) is 1.43. The van der Waals surface area contributed by atoms with Crippen LogP contribution in [-0.2, 0) is 14.6 Å². The first-order valence-electron chi connectivity index (χ1n) is 3.75. The van der Waals surface area contributed by atoms with Crippen LogP contribution in [0.15, 0.2) is 0 Å². The molecule has 3 nitrogen and oxygen atoms in total. The van der Waals surface area contributed by atoms with E-state index in [0.29, 0.717) is 6.61 Å². The van der Waals surface area contributed by atoms with E-state index in [1.54, 1.807) is 0 Å². The van der Waals surface area contributed by atoms with Crippen molar-refractivity contribution < 1.29 is 13.2 Å². The normalized spacial score (nSPS) is 14.8. The highest BCUT2D eigenvalue weighted by Gasteiger charge is 2.03. The molecule has 0 fully saturated rings. The molecule has 0 bridgehead atoms. The van der Waals surface area contributed by atoms with Crippen LogP contribution in [0, 0.1) is 0 Å². The molecule has 0 aliphatic rings. The van der Waals surface area contributed by atoms with E-state index in [0.717, 1.165) is 6.42 Å². The van der Waals surface area contributed by atoms with Crippen LogP contribution < -0.4 is 0 Å². The largest absolute Gasteiger partial charge is 0.377 e. The maximum Gasteiger partial charge on any atom is 0.149 e. The predicted octanol–water partition coefficient (Wildman–Crippen LogP) is 0.846. The Morgan fingerprint density at radius 2 is 2.00 bits per heavy atom. The Hall–Kier alpha value is -0.0900. The van der Waals surface area contributed by atoms with Crippen LogP contribution in [0.3, 0.4) is 0 Å². The second kappa shape index (κ2) is 4.72. The molecule has 1 unspecified atom stereocenters. The van der Waals surface area contributed by atoms with E-state index in [2.05, 4.69) is 0 Å². The van der Waals surface area contributed by atoms with E-state index in [9.17, 15) is 8.42 Å². The van der Waals surface area contributed by atoms with Crippen molar-refractivity contribution in [2.45, 2.75) is 26.4 Å². The summed E-state index contributed by atoms with van der Waals surface area (Å²) in [6, 6.07) is 0. The smallest absolute Gasteiger partial charge is 0.149 e. The van der Waals surface area contributed by atoms with Gasteiger partial charge in [0.25, 0.3) is 0 Å². The SMILES string of the molecule is CCC(C)OCCS(C)(=O)=O. The van der Waals surface area contributed by atoms with E-state index in [4.69, 9.17) is 4.74 Å². The minimum atomic E-state index is -2.85. The monoisotopic (exact) mass is 180 g/mol. The number of hydrogen-bond acceptors (Lipinski definition) is 3. The summed E-state index contributed by atoms with van der Waals surface area (Å²) < 4.78 is 26.4. The van der Waals surface area contributed by atoms with E-state index in [-0.39, 0.29) is 11.9 Å². The van der Waals surface area contributed by atoms with Crippen molar-refractivity contribution in [3.63, 3.8) is 0 Å². The molecule has 0 spiro atoms. The predicted molar refractivity (Wildman–Crippen MR) is 45.4 cm³/mol. The fraction of sp³-hybridized carbons (Fsp3) is 1.00. The summed E-state index contributed by atoms with van der Waals surface area (Å²) in [6.07, 6.45) is 2.30. The van der Waals surface area contributed by atoms with Crippen LogP contribution in [0.25, 0.3) is 0 Å². The molecule has 0 aromatic carbocycles. The molecule has 0 saturated heterocycles. The van der Waals surface area contributed by atoms with Crippen LogP contribution in [0.2, 0.25) is 0 Å². The highest BCUT2D eigenvalue weighted by atomic mass is 32.2. The first kappa shape index (κ1) is 10.9. The lowest BCUT2D eigenvalue weighted by Crippen LogP contribution is -2.15. The molecule has 0 aromatic heterocycles. The molecule has 0 aliphatic carbocycles. The molecule has 0 N–H and O–H groups in total. The first-order valence-corrected chi connectivity index (χ1v) is 5.81. The molecule has 1 atom stereocenters. The van der Waals surface area contributed by atoms with E-state index >= 15 is 0 Å². The van der Waals surface area contributed by atoms with E-state index < -0.39 is 9.84 Å². The van der Waals surface area contributed by atoms with Gasteiger partial charge in [-0.05, 0) is 13.3 Å². The van der Waals surface area contributed by atoms with Crippen molar-refractivity contribution in [1.29, 1.82) is 0 Å². The summed E-state index contributed by atoms with van der Waals surface area (Å²) in [5.41, 5.74) is 0. The molecule has 0 radical (unpaired) electrons. The molecule has 68 valence electrons. The fourth-order valence-corrected chi connectivity index (χ4v) is 0.917. The molecule has 0 aliphatic heterocycles. The lowest BCUT2D eigenvalue weighted by atomic mass is 10.3. The van der Waals surface area contributed by atoms with Gasteiger partial charge in [-0.2, -0.15) is 0 Å². The Bertz CT molecular complexity index is 184. The summed E-state index contributed by atoms with van der Waals surface area (Å²) in [5.74, 6) is 0.122. The topological polar surface area (TPSA) is 43.4 Å². The maximum atomic E-state index is 10.6. The average molecular weight is 180 g/mol. The summed E-state index contributed by atoms with van der Waals surface area (Å²) >= 11 is 0. The first-order chi connectivity index (χ1) is 4.95. The lowest BCUT2D eigenvalue weighted by Gasteiger charge is -2.08. The Labute approximate surface area is 68.7 Å². The fourth-order valence-electron chi connectivity index (χ4n) is 0.519. The van der Waals surface area contributed by atoms with Crippen molar-refractivity contribution in [2.24, 2.45) is 0 Å². The number of sulfone groups is 1. The van der Waals surface area contributed by atoms with E-state index in [1.807, 2.05) is 13.8 Å². The second-order valence-corrected chi connectivity index (χ2v) is 4.98. The minimum absolute atomic E-state index is 0.122. The molecule has 0 heterocycles. The van der Waals surface area contributed by atoms with Gasteiger partial charge < -0.3 is 4.74 Å². The van der Waals surface area contributed by atoms with Gasteiger partial charge in [0.1, 0.15) is 9.84 Å². The number of ether oxygens (including phenoxy) is 1. The van der Waals surface area contributed by atoms with Crippen LogP contribution in [0.5, 0.6) is 0 Å². The molecule has 11 heavy (non-hydrogen) atoms. The zero-order valence-electron chi connectivity index (χ0n) is 7.33. The van der Waals surface area contributed by atoms with Crippen LogP contribution in [0.1, 0.15) is 20.3 Å². The lowest BCUT2D eigenvalue weighted by molar-refractivity contribution is 0.0752. The number of hydrogen-bond donors (Lipinski definition) is 0. The van der Waals surface area contributed by atoms with Gasteiger partial charge in [-0.3, -0.25) is 0 Å². The third-order valence-corrected chi connectivity index (χ3v) is 2.34. The Kier molecular flexibility index (Phi) is 4.68. The van der Waals surface area contributed by atoms with Crippen LogP contribution >= 0.6 is 0 Å². The summed E-state index contributed by atoms with van der Waals surface area (Å²) in [4.78, 5) is 0. The average Bonchev–Trinajstić information content (AvgIpc) is 1.85. The van der Waals surface area contributed by atoms with Crippen molar-refractivity contribution in [3.8, 4) is 0 Å². The number of rotatable bonds is 5. The van der Waals surface area contributed by atoms with Gasteiger partial charge in [0.15, 0.2) is 0 Å². The van der Waals surface area contributed by atoms with Crippen molar-refractivity contribution in [1.82, 2.24) is 0 Å². The molecular weight excluding hydrogens is 164 g/mol. The molecule has 4 heteroatoms. The van der Waals surface area contributed by atoms with Gasteiger partial charge in [-0.1, -0.05) is 6.92 Å². The molecular formula is C7H16O3S. The molecule has 0 aromatic rings. The molecule has 0 amide bonds. The Morgan fingerprint density at radius 1 is 1.45 bits per heavy atom. The standard InChI is InChI=1S/C7H16O3S/c1-4-7(2)10-5-6-11(3,8)9/h7H,4-6H2,1-3H3. The van der Waals surface area contributed by atoms with Gasteiger partial charge in [0.05, 0.1) is 18.5 Å². The van der Waals surface area contributed by atoms with Gasteiger partial charge >= 0.3 is 0 Å². The molecule has 0 saturated carbocycles. The summed E-state index contributed by atoms with van der Waals surface area (Å²) in [5, 5.41) is 0. The second-order valence-electron chi connectivity index (χ2n) is 2.72. The third kappa shape index (κ3) is 7.81. The zero-order valence-corrected chi connectivity index (χ0v) is 8.15. The summed E-state index contributed by atoms with van der Waals surface area (Å²) in [6.45, 7) is 4.25. The van der Waals surface area contributed by atoms with Gasteiger partial charge in [0, 0.05) is 6.26 Å². The van der Waals surface area contributed by atoms with Gasteiger partial charge in [0.2, 0.25) is 0 Å². The summed E-state index contributed by atoms with van der Waals surface area (Å²) in [7, 11) is -2.85. The van der Waals surface area contributed by atoms with Crippen molar-refractivity contribution in [3.05, 3.63) is 0 Å². The van der Waals surface area contributed by atoms with Gasteiger partial charge in [-0.15, -0.1) is 0 Å². The van der Waals surface area contributed by atoms with E-state index in [1.165, 1.54) is 6.26 Å². The molecule has 0 rings (SSSR count). The highest BCUT2D eigenvalue weighted by molar-refractivity contribution is 7.90. The maximum absolute atomic E-state index is 10.6. The van der Waals surface area contributed by atoms with Crippen LogP contribution in [0.4, 0.5) is 0 Å². The van der Waals surface area contributed by atoms with Gasteiger partial charge in [-0.25, -0.2) is 8.42 Å². The quantitative estimate of drug-likeness (QED) is 0.630. The van der Waals surface area contributed by atoms with Crippen molar-refractivity contribution >= 4 is 9.84 Å². The minimum Gasteiger partial charge on any atom is -0.377 e. The Balaban J connectivity index is 3.43.